The second kappa shape index (κ2) is 19.1. The Hall–Kier alpha value is -8.51. The molecule has 0 aliphatic rings. The van der Waals surface area contributed by atoms with E-state index in [9.17, 15) is 0 Å². The van der Waals surface area contributed by atoms with Crippen LogP contribution in [0, 0.1) is 41.5 Å². The number of nitrogens with zero attached hydrogens (tertiary/aromatic N) is 6. The van der Waals surface area contributed by atoms with Crippen molar-refractivity contribution in [2.45, 2.75) is 41.5 Å². The van der Waals surface area contributed by atoms with E-state index in [4.69, 9.17) is 14.2 Å². The van der Waals surface area contributed by atoms with Crippen LogP contribution in [0.15, 0.2) is 153 Å². The van der Waals surface area contributed by atoms with Gasteiger partial charge in [-0.25, -0.2) is 15.0 Å². The molecular weight excluding hydrogens is 847 g/mol. The quantitative estimate of drug-likeness (QED) is 0.110. The summed E-state index contributed by atoms with van der Waals surface area (Å²) in [5.41, 5.74) is 13.2. The Labute approximate surface area is 396 Å². The molecule has 0 aliphatic heterocycles. The van der Waals surface area contributed by atoms with Crippen LogP contribution in [0.3, 0.4) is 0 Å². The lowest BCUT2D eigenvalue weighted by Gasteiger charge is -2.13. The highest BCUT2D eigenvalue weighted by molar-refractivity contribution is 5.90. The summed E-state index contributed by atoms with van der Waals surface area (Å²) in [5.74, 6) is 4.59. The van der Waals surface area contributed by atoms with Gasteiger partial charge in [0.15, 0.2) is 11.5 Å². The Kier molecular flexibility index (Phi) is 12.6. The maximum Gasteiger partial charge on any atom is 0.163 e. The molecule has 0 saturated carbocycles. The molecule has 12 nitrogen and oxygen atoms in total. The van der Waals surface area contributed by atoms with E-state index in [0.29, 0.717) is 5.75 Å². The molecule has 68 heavy (non-hydrogen) atoms. The van der Waals surface area contributed by atoms with Gasteiger partial charge in [-0.1, -0.05) is 42.5 Å². The fourth-order valence-electron chi connectivity index (χ4n) is 8.32. The average molecular weight is 902 g/mol. The van der Waals surface area contributed by atoms with Crippen LogP contribution in [0.1, 0.15) is 33.4 Å². The number of methoxy groups -OCH3 is 3. The van der Waals surface area contributed by atoms with Crippen molar-refractivity contribution in [3.05, 3.63) is 186 Å². The van der Waals surface area contributed by atoms with Crippen molar-refractivity contribution < 1.29 is 14.2 Å². The van der Waals surface area contributed by atoms with Gasteiger partial charge >= 0.3 is 0 Å². The Morgan fingerprint density at radius 1 is 0.382 bits per heavy atom. The number of fused-ring (bicyclic) bond motifs is 2. The maximum atomic E-state index is 5.55. The first-order valence-electron chi connectivity index (χ1n) is 22.4. The van der Waals surface area contributed by atoms with Crippen molar-refractivity contribution in [1.82, 2.24) is 28.7 Å². The highest BCUT2D eigenvalue weighted by Crippen LogP contribution is 2.34. The third-order valence-electron chi connectivity index (χ3n) is 12.4. The molecule has 7 aromatic carbocycles. The van der Waals surface area contributed by atoms with E-state index in [1.807, 2.05) is 59.2 Å². The standard InChI is InChI=1S/C34H34N6O3.C22H21N3/c1-21-11-28(15-30(41-4)23(21)3)39-17-32(35-19-39)37-26-9-7-24-8-10-27(14-25(24)13-26)38-33-18-40(20-36-33)29-12-22(2)34(43-6)31(16-29)42-5;1-15-10-21(11-16(2)17(15)3)25-13-22(23-14-25)24-20-9-8-18-6-4-5-7-19(18)12-20/h7-20,37-38H,1-6H3;4-14,24H,1-3H3. The number of hydrogen-bond donors (Lipinski definition) is 3. The fourth-order valence-corrected chi connectivity index (χ4v) is 8.32. The summed E-state index contributed by atoms with van der Waals surface area (Å²) in [5, 5.41) is 14.9. The SMILES string of the molecule is COc1cc(-n2cnc(Nc3ccc4ccc(Nc5cn(-c6cc(C)c(OC)c(OC)c6)cn5)cc4c3)c2)cc(C)c1C.Cc1cc(-n2cnc(Nc3ccc4ccccc4c3)c2)cc(C)c1C. The van der Waals surface area contributed by atoms with Crippen LogP contribution in [0.4, 0.5) is 34.5 Å². The van der Waals surface area contributed by atoms with E-state index in [1.165, 1.54) is 33.0 Å². The Morgan fingerprint density at radius 3 is 1.25 bits per heavy atom. The van der Waals surface area contributed by atoms with Gasteiger partial charge in [0.05, 0.1) is 51.3 Å². The van der Waals surface area contributed by atoms with Gasteiger partial charge in [-0.3, -0.25) is 0 Å². The minimum atomic E-state index is 0.678. The minimum Gasteiger partial charge on any atom is -0.496 e. The molecule has 0 aliphatic carbocycles. The van der Waals surface area contributed by atoms with E-state index in [-0.39, 0.29) is 0 Å². The Morgan fingerprint density at radius 2 is 0.779 bits per heavy atom. The third-order valence-corrected chi connectivity index (χ3v) is 12.4. The second-order valence-electron chi connectivity index (χ2n) is 17.0. The zero-order valence-electron chi connectivity index (χ0n) is 39.8. The predicted octanol–water partition coefficient (Wildman–Crippen LogP) is 13.3. The Balaban J connectivity index is 0.000000195. The summed E-state index contributed by atoms with van der Waals surface area (Å²) in [7, 11) is 4.98. The third kappa shape index (κ3) is 9.57. The summed E-state index contributed by atoms with van der Waals surface area (Å²) in [6.07, 6.45) is 11.4. The average Bonchev–Trinajstić information content (AvgIpc) is 4.14. The van der Waals surface area contributed by atoms with Gasteiger partial charge in [-0.05, 0) is 157 Å². The van der Waals surface area contributed by atoms with Crippen LogP contribution < -0.4 is 30.2 Å². The van der Waals surface area contributed by atoms with Gasteiger partial charge in [-0.15, -0.1) is 0 Å². The van der Waals surface area contributed by atoms with Gasteiger partial charge in [0.1, 0.15) is 42.2 Å². The molecular formula is C56H55N9O3. The van der Waals surface area contributed by atoms with Crippen molar-refractivity contribution in [3.8, 4) is 34.3 Å². The summed E-state index contributed by atoms with van der Waals surface area (Å²) < 4.78 is 22.5. The zero-order valence-corrected chi connectivity index (χ0v) is 39.8. The van der Waals surface area contributed by atoms with E-state index in [0.717, 1.165) is 85.0 Å². The number of ether oxygens (including phenoxy) is 3. The van der Waals surface area contributed by atoms with Crippen molar-refractivity contribution in [2.24, 2.45) is 0 Å². The van der Waals surface area contributed by atoms with E-state index < -0.39 is 0 Å². The first-order chi connectivity index (χ1) is 32.9. The van der Waals surface area contributed by atoms with Gasteiger partial charge in [-0.2, -0.15) is 0 Å². The van der Waals surface area contributed by atoms with Crippen LogP contribution in [0.2, 0.25) is 0 Å². The van der Waals surface area contributed by atoms with E-state index >= 15 is 0 Å². The summed E-state index contributed by atoms with van der Waals surface area (Å²) in [6.45, 7) is 12.6. The molecule has 0 fully saturated rings. The van der Waals surface area contributed by atoms with Crippen molar-refractivity contribution in [3.63, 3.8) is 0 Å². The maximum absolute atomic E-state index is 5.55. The van der Waals surface area contributed by atoms with Crippen LogP contribution in [0.5, 0.6) is 17.2 Å². The summed E-state index contributed by atoms with van der Waals surface area (Å²) in [4.78, 5) is 13.6. The van der Waals surface area contributed by atoms with Gasteiger partial charge in [0.25, 0.3) is 0 Å². The molecule has 0 saturated heterocycles. The summed E-state index contributed by atoms with van der Waals surface area (Å²) in [6, 6.07) is 39.8. The molecule has 3 heterocycles. The minimum absolute atomic E-state index is 0.678. The zero-order chi connectivity index (χ0) is 47.5. The van der Waals surface area contributed by atoms with Crippen LogP contribution in [0.25, 0.3) is 38.6 Å². The number of imidazole rings is 3. The number of aryl methyl sites for hydroxylation is 4. The predicted molar refractivity (Wildman–Crippen MR) is 277 cm³/mol. The molecule has 0 amide bonds. The molecule has 12 heteroatoms. The molecule has 10 aromatic rings. The number of hydrogen-bond acceptors (Lipinski definition) is 9. The highest BCUT2D eigenvalue weighted by Gasteiger charge is 2.13. The second-order valence-corrected chi connectivity index (χ2v) is 17.0. The number of anilines is 6. The molecule has 3 aromatic heterocycles. The number of benzene rings is 7. The smallest absolute Gasteiger partial charge is 0.163 e. The monoisotopic (exact) mass is 901 g/mol. The van der Waals surface area contributed by atoms with Gasteiger partial charge < -0.3 is 43.9 Å². The van der Waals surface area contributed by atoms with Crippen molar-refractivity contribution >= 4 is 56.1 Å². The normalized spacial score (nSPS) is 11.0. The van der Waals surface area contributed by atoms with Crippen molar-refractivity contribution in [1.29, 1.82) is 0 Å². The molecule has 0 bridgehead atoms. The van der Waals surface area contributed by atoms with Gasteiger partial charge in [0.2, 0.25) is 0 Å². The summed E-state index contributed by atoms with van der Waals surface area (Å²) >= 11 is 0. The Bertz CT molecular complexity index is 3410. The number of aromatic nitrogens is 6. The molecule has 0 atom stereocenters. The number of nitrogens with one attached hydrogen (secondary N) is 3. The lowest BCUT2D eigenvalue weighted by molar-refractivity contribution is 0.353. The molecule has 0 radical (unpaired) electrons. The van der Waals surface area contributed by atoms with Crippen LogP contribution in [-0.4, -0.2) is 50.0 Å². The number of rotatable bonds is 12. The largest absolute Gasteiger partial charge is 0.496 e. The van der Waals surface area contributed by atoms with Crippen molar-refractivity contribution in [2.75, 3.05) is 37.3 Å². The molecule has 10 rings (SSSR count). The molecule has 3 N–H and O–H groups in total. The lowest BCUT2D eigenvalue weighted by Crippen LogP contribution is -1.97. The lowest BCUT2D eigenvalue weighted by atomic mass is 10.0. The topological polar surface area (TPSA) is 117 Å². The first-order valence-corrected chi connectivity index (χ1v) is 22.4. The van der Waals surface area contributed by atoms with E-state index in [1.54, 1.807) is 34.0 Å². The van der Waals surface area contributed by atoms with E-state index in [2.05, 4.69) is 167 Å². The molecule has 0 spiro atoms. The first kappa shape index (κ1) is 44.7. The highest BCUT2D eigenvalue weighted by atomic mass is 16.5. The van der Waals surface area contributed by atoms with Gasteiger partial charge in [0, 0.05) is 34.9 Å². The molecule has 342 valence electrons. The van der Waals surface area contributed by atoms with Crippen LogP contribution in [-0.2, 0) is 0 Å². The molecule has 0 unspecified atom stereocenters. The van der Waals surface area contributed by atoms with Crippen LogP contribution >= 0.6 is 0 Å². The fraction of sp³-hybridized carbons (Fsp3) is 0.161.